The summed E-state index contributed by atoms with van der Waals surface area (Å²) in [4.78, 5) is 48.7. The average Bonchev–Trinajstić information content (AvgIpc) is 1.64. The summed E-state index contributed by atoms with van der Waals surface area (Å²) < 4.78 is 44.4. The van der Waals surface area contributed by atoms with E-state index in [1.54, 1.807) is 7.11 Å². The molecule has 7 atom stereocenters. The van der Waals surface area contributed by atoms with Crippen molar-refractivity contribution >= 4 is 116 Å². The Morgan fingerprint density at radius 2 is 0.556 bits per heavy atom. The third kappa shape index (κ3) is 25.7. The predicted molar refractivity (Wildman–Crippen MR) is 607 cm³/mol. The summed E-state index contributed by atoms with van der Waals surface area (Å²) in [5.74, 6) is 7.52. The van der Waals surface area contributed by atoms with Crippen LogP contribution in [0.1, 0.15) is 263 Å². The number of halogens is 3. The van der Waals surface area contributed by atoms with Gasteiger partial charge in [0.05, 0.1) is 12.6 Å². The van der Waals surface area contributed by atoms with Crippen molar-refractivity contribution in [3.05, 3.63) is 252 Å². The number of hydrogen-bond acceptors (Lipinski definition) is 16. The standard InChI is InChI=1S/C18H22F2N2.C18H25N3.C18H24N2O.3C18H24N2.C17H21FN2/c1-18(2,3)15-6-4-5-12-9-16(21-10-14(12)15)22-8-7-13(11-22)17(19)20;1-18(2,3)16-7-5-6-13-10-17(20-11-15(13)16)21-9-8-14(12-21)19-4;1-18(2,3)16-7-5-6-13-10-17(19-11-15(13)16)20-9-8-14(12-20)21-4;2*1-13-7-6-10-20(13)17-11-14-8-5-9-16(18(2,3)4)15(14)12-19-17;1-13-8-9-20(12-13)17-10-14-6-5-7-16(18(2,3)4)15(14)11-19-17;1-17(2,3)15-6-4-5-12-9-16(19-10-14(12)15)20-8-7-13(18)11-20/h4-6,9-10,13,17H,7-8,11H2,1-3H3;5-7,10-11,14,19H,8-9,12H2,1-4H3;5-7,10-11,14H,8-9,12H2,1-4H3;2*5,8-9,11-13H,6-7,10H2,1-4H3;5-7,10-11,13H,8-9,12H2,1-4H3;4-6,9-10,13H,7-8,11H2,1-3H3/t;2*14-;3*13-;/m.00101./s1. The van der Waals surface area contributed by atoms with Gasteiger partial charge in [0.15, 0.2) is 0 Å². The number of hydrogen-bond donors (Lipinski definition) is 1. The van der Waals surface area contributed by atoms with E-state index in [0.717, 1.165) is 123 Å². The first kappa shape index (κ1) is 107. The van der Waals surface area contributed by atoms with E-state index in [2.05, 4.69) is 395 Å². The second-order valence-electron chi connectivity index (χ2n) is 48.9. The van der Waals surface area contributed by atoms with Crippen LogP contribution in [0, 0.1) is 11.8 Å². The number of likely N-dealkylation sites (N-methyl/N-ethyl adjacent to an activating group) is 1. The lowest BCUT2D eigenvalue weighted by Gasteiger charge is -2.24. The predicted octanol–water partition coefficient (Wildman–Crippen LogP) is 29.2. The number of pyridine rings is 7. The molecule has 19 heteroatoms. The van der Waals surface area contributed by atoms with Crippen LogP contribution in [0.15, 0.2) is 213 Å². The van der Waals surface area contributed by atoms with Gasteiger partial charge in [0.2, 0.25) is 6.43 Å². The number of benzene rings is 7. The zero-order chi connectivity index (χ0) is 103. The number of ether oxygens (including phenoxy) is 1. The molecule has 0 radical (unpaired) electrons. The number of methoxy groups -OCH3 is 1. The maximum atomic E-state index is 13.3. The Morgan fingerprint density at radius 3 is 0.792 bits per heavy atom. The van der Waals surface area contributed by atoms with Crippen LogP contribution >= 0.6 is 0 Å². The molecule has 16 nitrogen and oxygen atoms in total. The van der Waals surface area contributed by atoms with E-state index >= 15 is 0 Å². The third-order valence-corrected chi connectivity index (χ3v) is 30.4. The minimum Gasteiger partial charge on any atom is -0.380 e. The minimum absolute atomic E-state index is 0.0527. The van der Waals surface area contributed by atoms with E-state index in [1.807, 2.05) is 41.5 Å². The molecule has 14 aromatic rings. The molecule has 7 aromatic heterocycles. The van der Waals surface area contributed by atoms with Crippen LogP contribution < -0.4 is 39.6 Å². The van der Waals surface area contributed by atoms with E-state index < -0.39 is 18.5 Å². The topological polar surface area (TPSA) is 134 Å². The maximum absolute atomic E-state index is 13.3. The number of nitrogens with zero attached hydrogens (tertiary/aromatic N) is 14. The number of rotatable bonds is 10. The molecule has 0 amide bonds. The quantitative estimate of drug-likeness (QED) is 0.139. The fraction of sp³-hybridized carbons (Fsp3) is 0.496. The summed E-state index contributed by atoms with van der Waals surface area (Å²) in [5.41, 5.74) is 10.3. The van der Waals surface area contributed by atoms with Gasteiger partial charge in [-0.15, -0.1) is 0 Å². The molecule has 2 unspecified atom stereocenters. The fourth-order valence-electron chi connectivity index (χ4n) is 22.0. The van der Waals surface area contributed by atoms with Crippen LogP contribution in [-0.2, 0) is 42.6 Å². The lowest BCUT2D eigenvalue weighted by atomic mass is 9.84. The Balaban J connectivity index is 0.000000126. The first-order chi connectivity index (χ1) is 68.2. The molecule has 1 N–H and O–H groups in total. The Hall–Kier alpha value is -11.3. The zero-order valence-electron chi connectivity index (χ0n) is 91.5. The minimum atomic E-state index is -2.24. The Labute approximate surface area is 858 Å². The van der Waals surface area contributed by atoms with Gasteiger partial charge in [0.1, 0.15) is 46.9 Å². The Morgan fingerprint density at radius 1 is 0.299 bits per heavy atom. The van der Waals surface area contributed by atoms with Crippen LogP contribution in [0.5, 0.6) is 0 Å². The summed E-state index contributed by atoms with van der Waals surface area (Å²) in [6, 6.07) is 62.7. The van der Waals surface area contributed by atoms with Crippen molar-refractivity contribution in [3.8, 4) is 0 Å². The molecule has 7 aliphatic heterocycles. The van der Waals surface area contributed by atoms with Crippen molar-refractivity contribution in [2.45, 2.75) is 299 Å². The van der Waals surface area contributed by atoms with E-state index in [-0.39, 0.29) is 37.9 Å². The van der Waals surface area contributed by atoms with Crippen LogP contribution in [0.4, 0.5) is 53.9 Å². The van der Waals surface area contributed by atoms with Crippen LogP contribution in [0.25, 0.3) is 75.4 Å². The summed E-state index contributed by atoms with van der Waals surface area (Å²) in [6.07, 6.45) is 21.3. The normalized spacial score (nSPS) is 19.6. The van der Waals surface area contributed by atoms with Crippen LogP contribution in [-0.4, -0.2) is 164 Å². The van der Waals surface area contributed by atoms with Gasteiger partial charge in [-0.2, -0.15) is 0 Å². The smallest absolute Gasteiger partial charge is 0.243 e. The molecule has 7 fully saturated rings. The van der Waals surface area contributed by atoms with Crippen molar-refractivity contribution in [2.75, 3.05) is 127 Å². The van der Waals surface area contributed by atoms with E-state index in [4.69, 9.17) is 29.7 Å². The van der Waals surface area contributed by atoms with Gasteiger partial charge in [-0.3, -0.25) is 0 Å². The van der Waals surface area contributed by atoms with E-state index in [1.165, 1.54) is 142 Å². The van der Waals surface area contributed by atoms with Gasteiger partial charge in [0, 0.05) is 184 Å². The highest BCUT2D eigenvalue weighted by Gasteiger charge is 2.34. The fourth-order valence-corrected chi connectivity index (χ4v) is 22.0. The second kappa shape index (κ2) is 44.6. The summed E-state index contributed by atoms with van der Waals surface area (Å²) in [7, 11) is 3.83. The highest BCUT2D eigenvalue weighted by atomic mass is 19.3. The number of anilines is 7. The largest absolute Gasteiger partial charge is 0.380 e. The van der Waals surface area contributed by atoms with Gasteiger partial charge in [-0.25, -0.2) is 48.1 Å². The number of aromatic nitrogens is 7. The van der Waals surface area contributed by atoms with Gasteiger partial charge >= 0.3 is 0 Å². The Bertz CT molecular complexity index is 6390. The monoisotopic (exact) mass is 1950 g/mol. The lowest BCUT2D eigenvalue weighted by molar-refractivity contribution is 0.0880. The molecule has 21 rings (SSSR count). The summed E-state index contributed by atoms with van der Waals surface area (Å²) in [5, 5.41) is 20.9. The molecule has 7 aliphatic rings. The molecular weight excluding hydrogens is 1780 g/mol. The molecule has 766 valence electrons. The SMILES string of the molecule is CC(C)(C)c1cccc2cc(N3CCC(C(F)F)C3)ncc12.CC(C)(C)c1cccc2cc(N3CCC(F)C3)ncc12.CN[C@H]1CCN(c2cc3cccc(C(C)(C)C)c3cn2)C1.CO[C@H]1CCN(c2cc3cccc(C(C)(C)C)c3cn2)C1.C[C@@H]1CCCN1c1cc2cccc(C(C)(C)C)c2cn1.C[C@@H]1CCN(c2cc3cccc(C(C)(C)C)c3cn2)C1.C[C@H]1CCCN1c1cc2cccc(C(C)(C)C)c2cn1. The molecule has 14 heterocycles. The van der Waals surface area contributed by atoms with E-state index in [9.17, 15) is 13.2 Å². The molecule has 0 aliphatic carbocycles. The number of fused-ring (bicyclic) bond motifs is 7. The molecule has 0 spiro atoms. The average molecular weight is 1950 g/mol. The highest BCUT2D eigenvalue weighted by Crippen LogP contribution is 2.42. The Kier molecular flexibility index (Phi) is 33.1. The van der Waals surface area contributed by atoms with Gasteiger partial charge < -0.3 is 44.4 Å². The first-order valence-electron chi connectivity index (χ1n) is 53.3. The molecule has 0 bridgehead atoms. The van der Waals surface area contributed by atoms with Crippen molar-refractivity contribution in [3.63, 3.8) is 0 Å². The van der Waals surface area contributed by atoms with Gasteiger partial charge in [-0.1, -0.05) is 280 Å². The van der Waals surface area contributed by atoms with Crippen LogP contribution in [0.3, 0.4) is 0 Å². The first-order valence-corrected chi connectivity index (χ1v) is 53.3. The van der Waals surface area contributed by atoms with Crippen molar-refractivity contribution in [2.24, 2.45) is 11.8 Å². The van der Waals surface area contributed by atoms with Crippen molar-refractivity contribution in [1.82, 2.24) is 40.2 Å². The van der Waals surface area contributed by atoms with Crippen LogP contribution in [0.2, 0.25) is 0 Å². The highest BCUT2D eigenvalue weighted by molar-refractivity contribution is 5.94. The molecular formula is C125H164F3N15O. The third-order valence-electron chi connectivity index (χ3n) is 30.4. The maximum Gasteiger partial charge on any atom is 0.243 e. The van der Waals surface area contributed by atoms with Crippen molar-refractivity contribution < 1.29 is 17.9 Å². The molecule has 7 aromatic carbocycles. The van der Waals surface area contributed by atoms with Crippen molar-refractivity contribution in [1.29, 1.82) is 0 Å². The van der Waals surface area contributed by atoms with E-state index in [0.29, 0.717) is 56.7 Å². The zero-order valence-corrected chi connectivity index (χ0v) is 91.5. The molecule has 7 saturated heterocycles. The van der Waals surface area contributed by atoms with Gasteiger partial charge in [0.25, 0.3) is 0 Å². The molecule has 144 heavy (non-hydrogen) atoms. The summed E-state index contributed by atoms with van der Waals surface area (Å²) in [6.45, 7) is 64.9. The number of alkyl halides is 3. The second-order valence-corrected chi connectivity index (χ2v) is 48.9. The molecule has 0 saturated carbocycles. The van der Waals surface area contributed by atoms with Gasteiger partial charge in [-0.05, 0) is 242 Å². The lowest BCUT2D eigenvalue weighted by Crippen LogP contribution is -2.29. The number of nitrogens with one attached hydrogen (secondary N) is 1. The summed E-state index contributed by atoms with van der Waals surface area (Å²) >= 11 is 0.